The van der Waals surface area contributed by atoms with Crippen molar-refractivity contribution < 1.29 is 18.3 Å². The Morgan fingerprint density at radius 3 is 1.65 bits per heavy atom. The summed E-state index contributed by atoms with van der Waals surface area (Å²) in [5.74, 6) is 0.852. The molecule has 0 amide bonds. The molecule has 328 valence electrons. The Bertz CT molecular complexity index is 3300. The number of aromatic nitrogens is 8. The lowest BCUT2D eigenvalue weighted by Crippen LogP contribution is -2.04. The first-order valence-electron chi connectivity index (χ1n) is 20.4. The molecule has 2 N–H and O–H groups in total. The maximum absolute atomic E-state index is 14.3. The van der Waals surface area contributed by atoms with E-state index in [0.29, 0.717) is 45.6 Å². The fourth-order valence-corrected chi connectivity index (χ4v) is 7.56. The Morgan fingerprint density at radius 2 is 1.08 bits per heavy atom. The number of anilines is 4. The molecule has 0 unspecified atom stereocenters. The molecule has 0 saturated carbocycles. The van der Waals surface area contributed by atoms with Crippen LogP contribution in [0.4, 0.5) is 31.5 Å². The zero-order chi connectivity index (χ0) is 45.6. The van der Waals surface area contributed by atoms with Gasteiger partial charge in [0.05, 0.1) is 62.5 Å². The van der Waals surface area contributed by atoms with Gasteiger partial charge in [0.2, 0.25) is 0 Å². The quantitative estimate of drug-likeness (QED) is 0.122. The molecule has 0 saturated heterocycles. The Kier molecular flexibility index (Phi) is 12.8. The minimum atomic E-state index is -0.382. The molecule has 6 aromatic heterocycles. The summed E-state index contributed by atoms with van der Waals surface area (Å²) in [5.41, 5.74) is 10.1. The summed E-state index contributed by atoms with van der Waals surface area (Å²) >= 11 is 12.1. The Labute approximate surface area is 387 Å². The van der Waals surface area contributed by atoms with Gasteiger partial charge >= 0.3 is 0 Å². The molecule has 0 fully saturated rings. The molecule has 4 aromatic carbocycles. The van der Waals surface area contributed by atoms with Gasteiger partial charge < -0.3 is 20.1 Å². The standard InChI is InChI=1S/2C25H19ClFN5O/c1-33-19-5-2-16(3-6-19)15-32-25-22(9-11-29-24(25)14-30-32)31-18-8-10-28-23(13-18)20-12-17(26)4-7-21(20)27;1-33-19-5-2-16(3-6-19)14-32-15-24-25(31-32)22(9-11-29-24)30-18-8-10-28-23(13-18)20-12-17(26)4-7-21(20)27/h2-14H,15H2,1H3,(H,28,29,31);2-13,15H,14H2,1H3,(H,28,30). The molecule has 16 heteroatoms. The molecule has 66 heavy (non-hydrogen) atoms. The van der Waals surface area contributed by atoms with Crippen LogP contribution < -0.4 is 20.1 Å². The maximum atomic E-state index is 14.3. The number of ether oxygens (including phenoxy) is 2. The van der Waals surface area contributed by atoms with Gasteiger partial charge in [-0.1, -0.05) is 47.5 Å². The van der Waals surface area contributed by atoms with E-state index in [-0.39, 0.29) is 11.6 Å². The van der Waals surface area contributed by atoms with E-state index in [2.05, 4.69) is 35.7 Å². The highest BCUT2D eigenvalue weighted by atomic mass is 35.5. The maximum Gasteiger partial charge on any atom is 0.134 e. The Balaban J connectivity index is 0.000000166. The number of rotatable bonds is 12. The van der Waals surface area contributed by atoms with Gasteiger partial charge in [-0.05, 0) is 108 Å². The van der Waals surface area contributed by atoms with Gasteiger partial charge in [-0.2, -0.15) is 10.2 Å². The lowest BCUT2D eigenvalue weighted by molar-refractivity contribution is 0.414. The van der Waals surface area contributed by atoms with Crippen LogP contribution in [0, 0.1) is 11.6 Å². The lowest BCUT2D eigenvalue weighted by Gasteiger charge is -2.12. The van der Waals surface area contributed by atoms with Gasteiger partial charge in [-0.15, -0.1) is 0 Å². The molecule has 0 bridgehead atoms. The van der Waals surface area contributed by atoms with Crippen molar-refractivity contribution in [1.82, 2.24) is 39.5 Å². The highest BCUT2D eigenvalue weighted by molar-refractivity contribution is 6.31. The van der Waals surface area contributed by atoms with Crippen molar-refractivity contribution in [2.24, 2.45) is 0 Å². The number of fused-ring (bicyclic) bond motifs is 2. The molecule has 10 rings (SSSR count). The fourth-order valence-electron chi connectivity index (χ4n) is 7.22. The van der Waals surface area contributed by atoms with Crippen LogP contribution in [-0.4, -0.2) is 53.7 Å². The van der Waals surface area contributed by atoms with Crippen molar-refractivity contribution in [2.75, 3.05) is 24.9 Å². The third kappa shape index (κ3) is 9.89. The second-order valence-electron chi connectivity index (χ2n) is 14.9. The summed E-state index contributed by atoms with van der Waals surface area (Å²) < 4.78 is 42.8. The van der Waals surface area contributed by atoms with Gasteiger partial charge in [0, 0.05) is 57.3 Å². The number of benzene rings is 4. The number of hydrogen-bond donors (Lipinski definition) is 2. The summed E-state index contributed by atoms with van der Waals surface area (Å²) in [4.78, 5) is 17.5. The number of hydrogen-bond acceptors (Lipinski definition) is 10. The van der Waals surface area contributed by atoms with Crippen molar-refractivity contribution >= 4 is 68.0 Å². The molecule has 0 atom stereocenters. The van der Waals surface area contributed by atoms with Crippen LogP contribution in [0.2, 0.25) is 10.0 Å². The Hall–Kier alpha value is -7.94. The van der Waals surface area contributed by atoms with Crippen LogP contribution in [-0.2, 0) is 13.1 Å². The monoisotopic (exact) mass is 918 g/mol. The smallest absolute Gasteiger partial charge is 0.134 e. The summed E-state index contributed by atoms with van der Waals surface area (Å²) in [6, 6.07) is 35.5. The van der Waals surface area contributed by atoms with Crippen molar-refractivity contribution in [2.45, 2.75) is 13.1 Å². The average Bonchev–Trinajstić information content (AvgIpc) is 3.96. The molecular weight excluding hydrogens is 882 g/mol. The molecule has 10 aromatic rings. The molecule has 0 radical (unpaired) electrons. The van der Waals surface area contributed by atoms with Crippen LogP contribution in [0.25, 0.3) is 44.6 Å². The Morgan fingerprint density at radius 1 is 0.561 bits per heavy atom. The van der Waals surface area contributed by atoms with Crippen LogP contribution >= 0.6 is 23.2 Å². The minimum Gasteiger partial charge on any atom is -0.497 e. The molecule has 0 spiro atoms. The van der Waals surface area contributed by atoms with E-state index >= 15 is 0 Å². The van der Waals surface area contributed by atoms with Gasteiger partial charge in [0.25, 0.3) is 0 Å². The van der Waals surface area contributed by atoms with Crippen LogP contribution in [0.5, 0.6) is 11.5 Å². The first-order valence-corrected chi connectivity index (χ1v) is 21.2. The van der Waals surface area contributed by atoms with Crippen LogP contribution in [0.3, 0.4) is 0 Å². The fraction of sp³-hybridized carbons (Fsp3) is 0.0800. The topological polar surface area (TPSA) is 130 Å². The summed E-state index contributed by atoms with van der Waals surface area (Å²) in [6.07, 6.45) is 10.3. The number of pyridine rings is 4. The number of halogens is 4. The van der Waals surface area contributed by atoms with Gasteiger partial charge in [0.15, 0.2) is 0 Å². The highest BCUT2D eigenvalue weighted by Crippen LogP contribution is 2.32. The third-order valence-corrected chi connectivity index (χ3v) is 10.9. The van der Waals surface area contributed by atoms with Crippen LogP contribution in [0.15, 0.2) is 159 Å². The molecule has 12 nitrogen and oxygen atoms in total. The average molecular weight is 920 g/mol. The number of nitrogens with zero attached hydrogens (tertiary/aromatic N) is 8. The second-order valence-corrected chi connectivity index (χ2v) is 15.7. The SMILES string of the molecule is COc1ccc(Cn2cc3nccc(Nc4ccnc(-c5cc(Cl)ccc5F)c4)c3n2)cc1.COc1ccc(Cn2ncc3nccc(Nc4ccnc(-c5cc(Cl)ccc5F)c4)c32)cc1. The van der Waals surface area contributed by atoms with E-state index in [4.69, 9.17) is 37.8 Å². The van der Waals surface area contributed by atoms with Gasteiger partial charge in [-0.25, -0.2) is 8.78 Å². The summed E-state index contributed by atoms with van der Waals surface area (Å²) in [5, 5.41) is 16.9. The molecule has 0 aliphatic carbocycles. The van der Waals surface area contributed by atoms with Crippen molar-refractivity contribution in [3.8, 4) is 34.0 Å². The minimum absolute atomic E-state index is 0.342. The number of methoxy groups -OCH3 is 2. The predicted octanol–water partition coefficient (Wildman–Crippen LogP) is 12.2. The molecular formula is C50H38Cl2F2N10O2. The first-order chi connectivity index (χ1) is 32.2. The van der Waals surface area contributed by atoms with Crippen molar-refractivity contribution in [3.05, 3.63) is 191 Å². The lowest BCUT2D eigenvalue weighted by atomic mass is 10.1. The molecule has 0 aliphatic heterocycles. The summed E-state index contributed by atoms with van der Waals surface area (Å²) in [7, 11) is 3.29. The third-order valence-electron chi connectivity index (χ3n) is 10.5. The van der Waals surface area contributed by atoms with Crippen molar-refractivity contribution in [1.29, 1.82) is 0 Å². The van der Waals surface area contributed by atoms with E-state index in [9.17, 15) is 8.78 Å². The van der Waals surface area contributed by atoms with E-state index in [0.717, 1.165) is 67.4 Å². The summed E-state index contributed by atoms with van der Waals surface area (Å²) in [6.45, 7) is 1.18. The van der Waals surface area contributed by atoms with E-state index in [1.54, 1.807) is 69.5 Å². The normalized spacial score (nSPS) is 11.0. The van der Waals surface area contributed by atoms with Crippen molar-refractivity contribution in [3.63, 3.8) is 0 Å². The van der Waals surface area contributed by atoms with E-state index in [1.165, 1.54) is 24.3 Å². The molecule has 6 heterocycles. The molecule has 0 aliphatic rings. The number of nitrogens with one attached hydrogen (secondary N) is 2. The largest absolute Gasteiger partial charge is 0.497 e. The highest BCUT2D eigenvalue weighted by Gasteiger charge is 2.14. The van der Waals surface area contributed by atoms with Gasteiger partial charge in [-0.3, -0.25) is 29.3 Å². The predicted molar refractivity (Wildman–Crippen MR) is 255 cm³/mol. The van der Waals surface area contributed by atoms with E-state index < -0.39 is 0 Å². The first kappa shape index (κ1) is 43.3. The van der Waals surface area contributed by atoms with E-state index in [1.807, 2.05) is 88.4 Å². The zero-order valence-corrected chi connectivity index (χ0v) is 36.8. The van der Waals surface area contributed by atoms with Crippen LogP contribution in [0.1, 0.15) is 11.1 Å². The second kappa shape index (κ2) is 19.4. The van der Waals surface area contributed by atoms with Gasteiger partial charge in [0.1, 0.15) is 45.2 Å². The zero-order valence-electron chi connectivity index (χ0n) is 35.3.